The molecule has 170 valence electrons. The van der Waals surface area contributed by atoms with Gasteiger partial charge in [-0.25, -0.2) is 4.79 Å². The van der Waals surface area contributed by atoms with Gasteiger partial charge >= 0.3 is 5.97 Å². The molecule has 0 aliphatic carbocycles. The highest BCUT2D eigenvalue weighted by Crippen LogP contribution is 2.19. The summed E-state index contributed by atoms with van der Waals surface area (Å²) in [5.74, 6) is -1.12. The Balaban J connectivity index is 0.000000244. The molecule has 0 spiro atoms. The van der Waals surface area contributed by atoms with E-state index < -0.39 is 15.8 Å². The summed E-state index contributed by atoms with van der Waals surface area (Å²) in [6.45, 7) is 6.37. The van der Waals surface area contributed by atoms with E-state index in [4.69, 9.17) is 5.11 Å². The summed E-state index contributed by atoms with van der Waals surface area (Å²) in [6, 6.07) is 8.03. The molecule has 1 amide bonds. The molecule has 0 saturated carbocycles. The van der Waals surface area contributed by atoms with Crippen LogP contribution in [0.4, 0.5) is 11.4 Å². The number of hydrogen-bond donors (Lipinski definition) is 1. The third-order valence-corrected chi connectivity index (χ3v) is 5.09. The van der Waals surface area contributed by atoms with Gasteiger partial charge in [0.1, 0.15) is 0 Å². The number of likely N-dealkylation sites (N-methyl/N-ethyl adjacent to an activating group) is 1. The lowest BCUT2D eigenvalue weighted by Gasteiger charge is -2.32. The van der Waals surface area contributed by atoms with Gasteiger partial charge in [-0.05, 0) is 44.2 Å². The van der Waals surface area contributed by atoms with E-state index in [1.165, 1.54) is 37.3 Å². The maximum Gasteiger partial charge on any atom is 0.335 e. The number of carbonyl (C=O) groups is 2. The Bertz CT molecular complexity index is 1050. The smallest absolute Gasteiger partial charge is 0.335 e. The van der Waals surface area contributed by atoms with Crippen molar-refractivity contribution in [2.75, 3.05) is 33.2 Å². The number of nitro groups is 2. The first-order valence-corrected chi connectivity index (χ1v) is 9.72. The standard InChI is InChI=1S/C13H17N3O3.C8H7NO4/c1-10-9-11(16(18)19)3-4-12(10)13(17)15-7-5-14(2)6-8-15;1-5-4-6(9(12)13)2-3-7(5)8(10)11/h3-4,9H,5-8H2,1-2H3;2-4H,1H3,(H,10,11). The normalized spacial score (nSPS) is 13.7. The molecule has 0 bridgehead atoms. The molecule has 32 heavy (non-hydrogen) atoms. The number of nitrogens with zero attached hydrogens (tertiary/aromatic N) is 4. The summed E-state index contributed by atoms with van der Waals surface area (Å²) in [4.78, 5) is 46.8. The number of carboxylic acids is 1. The Hall–Kier alpha value is -3.86. The van der Waals surface area contributed by atoms with Gasteiger partial charge in [0.05, 0.1) is 15.4 Å². The third-order valence-electron chi connectivity index (χ3n) is 5.09. The number of rotatable bonds is 4. The van der Waals surface area contributed by atoms with E-state index in [-0.39, 0.29) is 22.8 Å². The Labute approximate surface area is 184 Å². The van der Waals surface area contributed by atoms with Crippen molar-refractivity contribution in [3.8, 4) is 0 Å². The van der Waals surface area contributed by atoms with Crippen LogP contribution in [0.5, 0.6) is 0 Å². The Morgan fingerprint density at radius 3 is 1.66 bits per heavy atom. The van der Waals surface area contributed by atoms with Crippen molar-refractivity contribution < 1.29 is 24.5 Å². The SMILES string of the molecule is Cc1cc([N+](=O)[O-])ccc1C(=O)N1CCN(C)CC1.Cc1cc([N+](=O)[O-])ccc1C(=O)O. The zero-order valence-corrected chi connectivity index (χ0v) is 18.0. The quantitative estimate of drug-likeness (QED) is 0.559. The van der Waals surface area contributed by atoms with Crippen molar-refractivity contribution in [2.24, 2.45) is 0 Å². The Morgan fingerprint density at radius 1 is 0.844 bits per heavy atom. The highest BCUT2D eigenvalue weighted by atomic mass is 16.6. The maximum absolute atomic E-state index is 12.3. The summed E-state index contributed by atoms with van der Waals surface area (Å²) in [7, 11) is 2.03. The van der Waals surface area contributed by atoms with Gasteiger partial charge in [-0.3, -0.25) is 25.0 Å². The average molecular weight is 444 g/mol. The van der Waals surface area contributed by atoms with Gasteiger partial charge in [0, 0.05) is 56.0 Å². The first-order valence-electron chi connectivity index (χ1n) is 9.72. The maximum atomic E-state index is 12.3. The minimum Gasteiger partial charge on any atom is -0.478 e. The van der Waals surface area contributed by atoms with E-state index in [1.807, 2.05) is 7.05 Å². The number of amides is 1. The van der Waals surface area contributed by atoms with Crippen LogP contribution >= 0.6 is 0 Å². The zero-order chi connectivity index (χ0) is 24.0. The number of piperazine rings is 1. The number of benzene rings is 2. The lowest BCUT2D eigenvalue weighted by atomic mass is 10.1. The van der Waals surface area contributed by atoms with Gasteiger partial charge in [-0.15, -0.1) is 0 Å². The van der Waals surface area contributed by atoms with Crippen LogP contribution in [0.2, 0.25) is 0 Å². The fourth-order valence-electron chi connectivity index (χ4n) is 3.18. The number of carbonyl (C=O) groups excluding carboxylic acids is 1. The van der Waals surface area contributed by atoms with Crippen molar-refractivity contribution in [2.45, 2.75) is 13.8 Å². The highest BCUT2D eigenvalue weighted by Gasteiger charge is 2.22. The van der Waals surface area contributed by atoms with Crippen LogP contribution in [-0.2, 0) is 0 Å². The molecule has 0 radical (unpaired) electrons. The molecule has 1 N–H and O–H groups in total. The van der Waals surface area contributed by atoms with Crippen molar-refractivity contribution >= 4 is 23.3 Å². The highest BCUT2D eigenvalue weighted by molar-refractivity contribution is 5.96. The molecule has 1 aliphatic heterocycles. The summed E-state index contributed by atoms with van der Waals surface area (Å²) in [5, 5.41) is 29.6. The minimum atomic E-state index is -1.08. The van der Waals surface area contributed by atoms with Crippen molar-refractivity contribution in [3.63, 3.8) is 0 Å². The van der Waals surface area contributed by atoms with Crippen LogP contribution in [0.3, 0.4) is 0 Å². The summed E-state index contributed by atoms with van der Waals surface area (Å²) in [6.07, 6.45) is 0. The molecule has 11 nitrogen and oxygen atoms in total. The van der Waals surface area contributed by atoms with Gasteiger partial charge in [0.2, 0.25) is 0 Å². The topological polar surface area (TPSA) is 147 Å². The van der Waals surface area contributed by atoms with E-state index in [2.05, 4.69) is 4.90 Å². The van der Waals surface area contributed by atoms with E-state index in [9.17, 15) is 29.8 Å². The number of nitro benzene ring substituents is 2. The molecular weight excluding hydrogens is 420 g/mol. The first-order chi connectivity index (χ1) is 15.0. The fraction of sp³-hybridized carbons (Fsp3) is 0.333. The molecule has 1 aliphatic rings. The van der Waals surface area contributed by atoms with Crippen molar-refractivity contribution in [1.82, 2.24) is 9.80 Å². The summed E-state index contributed by atoms with van der Waals surface area (Å²) in [5.41, 5.74) is 1.61. The molecule has 0 aromatic heterocycles. The van der Waals surface area contributed by atoms with Crippen LogP contribution in [-0.4, -0.2) is 69.9 Å². The van der Waals surface area contributed by atoms with Gasteiger partial charge in [0.25, 0.3) is 17.3 Å². The van der Waals surface area contributed by atoms with Crippen LogP contribution in [0.25, 0.3) is 0 Å². The summed E-state index contributed by atoms with van der Waals surface area (Å²) >= 11 is 0. The Kier molecular flexibility index (Phi) is 7.97. The number of hydrogen-bond acceptors (Lipinski definition) is 7. The largest absolute Gasteiger partial charge is 0.478 e. The molecule has 1 saturated heterocycles. The lowest BCUT2D eigenvalue weighted by molar-refractivity contribution is -0.385. The van der Waals surface area contributed by atoms with E-state index in [0.717, 1.165) is 13.1 Å². The van der Waals surface area contributed by atoms with Crippen molar-refractivity contribution in [3.05, 3.63) is 78.9 Å². The second-order valence-corrected chi connectivity index (χ2v) is 7.41. The molecule has 1 fully saturated rings. The molecule has 0 atom stereocenters. The molecule has 11 heteroatoms. The number of aryl methyl sites for hydroxylation is 2. The zero-order valence-electron chi connectivity index (χ0n) is 18.0. The average Bonchev–Trinajstić information content (AvgIpc) is 2.73. The minimum absolute atomic E-state index is 0.0208. The number of carboxylic acid groups (broad SMARTS) is 1. The van der Waals surface area contributed by atoms with E-state index >= 15 is 0 Å². The molecule has 0 unspecified atom stereocenters. The monoisotopic (exact) mass is 444 g/mol. The van der Waals surface area contributed by atoms with E-state index in [1.54, 1.807) is 17.9 Å². The molecule has 3 rings (SSSR count). The predicted octanol–water partition coefficient (Wildman–Crippen LogP) is 2.89. The van der Waals surface area contributed by atoms with Gasteiger partial charge in [0.15, 0.2) is 0 Å². The van der Waals surface area contributed by atoms with Crippen LogP contribution in [0.15, 0.2) is 36.4 Å². The number of non-ortho nitro benzene ring substituents is 2. The van der Waals surface area contributed by atoms with Crippen LogP contribution in [0.1, 0.15) is 31.8 Å². The fourth-order valence-corrected chi connectivity index (χ4v) is 3.18. The molecule has 2 aromatic carbocycles. The molecule has 2 aromatic rings. The van der Waals surface area contributed by atoms with E-state index in [0.29, 0.717) is 29.8 Å². The van der Waals surface area contributed by atoms with Crippen LogP contribution in [0, 0.1) is 34.1 Å². The van der Waals surface area contributed by atoms with Gasteiger partial charge < -0.3 is 14.9 Å². The summed E-state index contributed by atoms with van der Waals surface area (Å²) < 4.78 is 0. The Morgan fingerprint density at radius 2 is 1.28 bits per heavy atom. The lowest BCUT2D eigenvalue weighted by Crippen LogP contribution is -2.47. The van der Waals surface area contributed by atoms with Gasteiger partial charge in [-0.2, -0.15) is 0 Å². The van der Waals surface area contributed by atoms with Gasteiger partial charge in [-0.1, -0.05) is 0 Å². The number of aromatic carboxylic acids is 1. The third kappa shape index (κ3) is 6.08. The van der Waals surface area contributed by atoms with Crippen molar-refractivity contribution in [1.29, 1.82) is 0 Å². The molecular formula is C21H24N4O7. The second-order valence-electron chi connectivity index (χ2n) is 7.41. The second kappa shape index (κ2) is 10.4. The molecule has 1 heterocycles. The predicted molar refractivity (Wildman–Crippen MR) is 116 cm³/mol. The van der Waals surface area contributed by atoms with Crippen LogP contribution < -0.4 is 0 Å². The first kappa shape index (κ1) is 24.4.